The number of hydrogen-bond donors (Lipinski definition) is 1. The highest BCUT2D eigenvalue weighted by Gasteiger charge is 2.14. The smallest absolute Gasteiger partial charge is 0.121 e. The zero-order chi connectivity index (χ0) is 14.8. The lowest BCUT2D eigenvalue weighted by molar-refractivity contribution is 0.222. The van der Waals surface area contributed by atoms with Gasteiger partial charge in [-0.1, -0.05) is 28.1 Å². The van der Waals surface area contributed by atoms with Crippen molar-refractivity contribution in [2.45, 2.75) is 6.10 Å². The Balaban J connectivity index is 2.09. The summed E-state index contributed by atoms with van der Waals surface area (Å²) in [5, 5.41) is 11.6. The minimum atomic E-state index is -0.683. The maximum atomic E-state index is 10.6. The van der Waals surface area contributed by atoms with E-state index in [1.165, 1.54) is 0 Å². The van der Waals surface area contributed by atoms with Crippen LogP contribution in [0.4, 0.5) is 0 Å². The summed E-state index contributed by atoms with van der Waals surface area (Å²) in [5.41, 5.74) is 2.49. The van der Waals surface area contributed by atoms with Gasteiger partial charge >= 0.3 is 0 Å². The van der Waals surface area contributed by atoms with Gasteiger partial charge in [0.1, 0.15) is 11.9 Å². The van der Waals surface area contributed by atoms with E-state index in [0.717, 1.165) is 32.3 Å². The third-order valence-electron chi connectivity index (χ3n) is 3.46. The number of ether oxygens (including phenoxy) is 1. The van der Waals surface area contributed by atoms with Gasteiger partial charge in [0.2, 0.25) is 0 Å². The number of aliphatic hydroxyl groups excluding tert-OH is 1. The molecule has 1 heterocycles. The number of aromatic nitrogens is 1. The van der Waals surface area contributed by atoms with Gasteiger partial charge in [-0.2, -0.15) is 0 Å². The molecular weight excluding hydrogens is 330 g/mol. The van der Waals surface area contributed by atoms with E-state index >= 15 is 0 Å². The van der Waals surface area contributed by atoms with Gasteiger partial charge in [0.25, 0.3) is 0 Å². The van der Waals surface area contributed by atoms with E-state index < -0.39 is 6.10 Å². The van der Waals surface area contributed by atoms with E-state index in [1.54, 1.807) is 13.3 Å². The number of benzene rings is 2. The maximum absolute atomic E-state index is 10.6. The summed E-state index contributed by atoms with van der Waals surface area (Å²) in [6.07, 6.45) is 1.02. The minimum Gasteiger partial charge on any atom is -0.497 e. The third kappa shape index (κ3) is 2.77. The molecular formula is C17H14BrNO2. The van der Waals surface area contributed by atoms with Crippen molar-refractivity contribution in [3.8, 4) is 5.75 Å². The molecule has 0 aliphatic heterocycles. The fourth-order valence-corrected chi connectivity index (χ4v) is 2.60. The molecule has 0 saturated heterocycles. The predicted octanol–water partition coefficient (Wildman–Crippen LogP) is 4.09. The summed E-state index contributed by atoms with van der Waals surface area (Å²) in [7, 11) is 1.63. The molecule has 0 fully saturated rings. The van der Waals surface area contributed by atoms with Crippen molar-refractivity contribution < 1.29 is 9.84 Å². The lowest BCUT2D eigenvalue weighted by Crippen LogP contribution is -2.01. The second kappa shape index (κ2) is 5.84. The van der Waals surface area contributed by atoms with Gasteiger partial charge in [0.05, 0.1) is 12.6 Å². The van der Waals surface area contributed by atoms with Crippen LogP contribution >= 0.6 is 15.9 Å². The number of rotatable bonds is 3. The zero-order valence-corrected chi connectivity index (χ0v) is 13.0. The highest BCUT2D eigenvalue weighted by atomic mass is 79.9. The van der Waals surface area contributed by atoms with Crippen LogP contribution in [-0.2, 0) is 0 Å². The van der Waals surface area contributed by atoms with Crippen molar-refractivity contribution in [3.63, 3.8) is 0 Å². The van der Waals surface area contributed by atoms with Gasteiger partial charge in [-0.25, -0.2) is 0 Å². The number of aliphatic hydroxyl groups is 1. The van der Waals surface area contributed by atoms with Gasteiger partial charge in [-0.05, 0) is 41.5 Å². The van der Waals surface area contributed by atoms with Gasteiger partial charge in [0, 0.05) is 22.1 Å². The Kier molecular flexibility index (Phi) is 3.90. The molecule has 1 N–H and O–H groups in total. The first-order valence-corrected chi connectivity index (χ1v) is 7.34. The van der Waals surface area contributed by atoms with Gasteiger partial charge < -0.3 is 9.84 Å². The lowest BCUT2D eigenvalue weighted by Gasteiger charge is -2.14. The summed E-state index contributed by atoms with van der Waals surface area (Å²) in [6, 6.07) is 15.2. The number of pyridine rings is 1. The molecule has 1 aromatic heterocycles. The van der Waals surface area contributed by atoms with Crippen LogP contribution in [0.5, 0.6) is 5.75 Å². The number of halogens is 1. The number of fused-ring (bicyclic) bond motifs is 1. The number of methoxy groups -OCH3 is 1. The Morgan fingerprint density at radius 3 is 2.57 bits per heavy atom. The SMILES string of the molecule is COc1ccc2c([C@@H](O)c3ccc(Br)cc3)ccnc2c1. The van der Waals surface area contributed by atoms with Crippen LogP contribution in [0.2, 0.25) is 0 Å². The van der Waals surface area contributed by atoms with Gasteiger partial charge in [-0.15, -0.1) is 0 Å². The molecule has 0 unspecified atom stereocenters. The Morgan fingerprint density at radius 2 is 1.86 bits per heavy atom. The minimum absolute atomic E-state index is 0.683. The first kappa shape index (κ1) is 14.0. The molecule has 106 valence electrons. The Hall–Kier alpha value is -1.91. The van der Waals surface area contributed by atoms with Crippen LogP contribution in [-0.4, -0.2) is 17.2 Å². The van der Waals surface area contributed by atoms with Crippen molar-refractivity contribution >= 4 is 26.8 Å². The van der Waals surface area contributed by atoms with Crippen molar-refractivity contribution in [1.82, 2.24) is 4.98 Å². The van der Waals surface area contributed by atoms with E-state index in [0.29, 0.717) is 0 Å². The average Bonchev–Trinajstić information content (AvgIpc) is 2.53. The summed E-state index contributed by atoms with van der Waals surface area (Å²) >= 11 is 3.40. The second-order valence-electron chi connectivity index (χ2n) is 4.74. The Labute approximate surface area is 131 Å². The standard InChI is InChI=1S/C17H14BrNO2/c1-21-13-6-7-14-15(8-9-19-16(14)10-13)17(20)11-2-4-12(18)5-3-11/h2-10,17,20H,1H3/t17-/m0/s1. The largest absolute Gasteiger partial charge is 0.497 e. The van der Waals surface area contributed by atoms with E-state index in [9.17, 15) is 5.11 Å². The van der Waals surface area contributed by atoms with E-state index in [-0.39, 0.29) is 0 Å². The van der Waals surface area contributed by atoms with Crippen molar-refractivity contribution in [1.29, 1.82) is 0 Å². The average molecular weight is 344 g/mol. The maximum Gasteiger partial charge on any atom is 0.121 e. The normalized spacial score (nSPS) is 12.3. The third-order valence-corrected chi connectivity index (χ3v) is 3.99. The second-order valence-corrected chi connectivity index (χ2v) is 5.65. The molecule has 3 aromatic rings. The molecule has 3 nitrogen and oxygen atoms in total. The molecule has 0 aliphatic rings. The molecule has 0 radical (unpaired) electrons. The Morgan fingerprint density at radius 1 is 1.10 bits per heavy atom. The van der Waals surface area contributed by atoms with Crippen LogP contribution in [0.1, 0.15) is 17.2 Å². The highest BCUT2D eigenvalue weighted by molar-refractivity contribution is 9.10. The van der Waals surface area contributed by atoms with Crippen LogP contribution in [0.25, 0.3) is 10.9 Å². The monoisotopic (exact) mass is 343 g/mol. The molecule has 0 aliphatic carbocycles. The van der Waals surface area contributed by atoms with Crippen LogP contribution in [0.15, 0.2) is 59.2 Å². The predicted molar refractivity (Wildman–Crippen MR) is 86.5 cm³/mol. The number of hydrogen-bond acceptors (Lipinski definition) is 3. The lowest BCUT2D eigenvalue weighted by atomic mass is 9.98. The van der Waals surface area contributed by atoms with Crippen molar-refractivity contribution in [2.24, 2.45) is 0 Å². The Bertz CT molecular complexity index is 771. The molecule has 0 spiro atoms. The summed E-state index contributed by atoms with van der Waals surface area (Å²) in [5.74, 6) is 0.755. The molecule has 4 heteroatoms. The van der Waals surface area contributed by atoms with E-state index in [1.807, 2.05) is 48.5 Å². The molecule has 21 heavy (non-hydrogen) atoms. The molecule has 0 saturated carbocycles. The molecule has 0 amide bonds. The quantitative estimate of drug-likeness (QED) is 0.778. The molecule has 3 rings (SSSR count). The first-order chi connectivity index (χ1) is 10.2. The summed E-state index contributed by atoms with van der Waals surface area (Å²) < 4.78 is 6.20. The topological polar surface area (TPSA) is 42.4 Å². The summed E-state index contributed by atoms with van der Waals surface area (Å²) in [6.45, 7) is 0. The zero-order valence-electron chi connectivity index (χ0n) is 11.5. The number of nitrogens with zero attached hydrogens (tertiary/aromatic N) is 1. The fraction of sp³-hybridized carbons (Fsp3) is 0.118. The molecule has 1 atom stereocenters. The molecule has 0 bridgehead atoms. The van der Waals surface area contributed by atoms with Gasteiger partial charge in [0.15, 0.2) is 0 Å². The fourth-order valence-electron chi connectivity index (χ4n) is 2.34. The van der Waals surface area contributed by atoms with E-state index in [2.05, 4.69) is 20.9 Å². The van der Waals surface area contributed by atoms with Crippen LogP contribution in [0, 0.1) is 0 Å². The van der Waals surface area contributed by atoms with Crippen LogP contribution in [0.3, 0.4) is 0 Å². The van der Waals surface area contributed by atoms with E-state index in [4.69, 9.17) is 4.74 Å². The molecule has 2 aromatic carbocycles. The highest BCUT2D eigenvalue weighted by Crippen LogP contribution is 2.30. The first-order valence-electron chi connectivity index (χ1n) is 6.55. The van der Waals surface area contributed by atoms with Crippen molar-refractivity contribution in [2.75, 3.05) is 7.11 Å². The van der Waals surface area contributed by atoms with Crippen LogP contribution < -0.4 is 4.74 Å². The van der Waals surface area contributed by atoms with Crippen molar-refractivity contribution in [3.05, 3.63) is 70.3 Å². The van der Waals surface area contributed by atoms with Gasteiger partial charge in [-0.3, -0.25) is 4.98 Å². The summed E-state index contributed by atoms with van der Waals surface area (Å²) in [4.78, 5) is 4.34.